The number of ether oxygens (including phenoxy) is 3. The van der Waals surface area contributed by atoms with Crippen molar-refractivity contribution in [2.75, 3.05) is 6.61 Å². The summed E-state index contributed by atoms with van der Waals surface area (Å²) in [6.07, 6.45) is 0. The van der Waals surface area contributed by atoms with Crippen LogP contribution in [0.4, 0.5) is 4.39 Å². The number of carbonyl (C=O) groups excluding carboxylic acids is 1. The zero-order valence-electron chi connectivity index (χ0n) is 18.1. The van der Waals surface area contributed by atoms with Crippen LogP contribution in [0.1, 0.15) is 28.6 Å². The topological polar surface area (TPSA) is 75.0 Å². The number of fused-ring (bicyclic) bond motifs is 1. The SMILES string of the molecule is CCOC(=O)c1ccc(Oc2c(C)oc3cc(OCc4cccc(F)c4)ccc3c2=O)cc1. The molecule has 0 saturated heterocycles. The molecule has 0 atom stereocenters. The second kappa shape index (κ2) is 9.56. The van der Waals surface area contributed by atoms with E-state index >= 15 is 0 Å². The second-order valence-electron chi connectivity index (χ2n) is 7.24. The maximum Gasteiger partial charge on any atom is 0.338 e. The van der Waals surface area contributed by atoms with Crippen LogP contribution in [0.15, 0.2) is 75.9 Å². The Morgan fingerprint density at radius 2 is 1.76 bits per heavy atom. The van der Waals surface area contributed by atoms with Crippen LogP contribution in [0, 0.1) is 12.7 Å². The zero-order valence-corrected chi connectivity index (χ0v) is 18.1. The highest BCUT2D eigenvalue weighted by Crippen LogP contribution is 2.28. The summed E-state index contributed by atoms with van der Waals surface area (Å²) in [6, 6.07) is 17.3. The Kier molecular flexibility index (Phi) is 6.40. The molecule has 33 heavy (non-hydrogen) atoms. The zero-order chi connectivity index (χ0) is 23.4. The van der Waals surface area contributed by atoms with Gasteiger partial charge in [-0.2, -0.15) is 0 Å². The Morgan fingerprint density at radius 1 is 1.00 bits per heavy atom. The number of rotatable bonds is 7. The van der Waals surface area contributed by atoms with Crippen LogP contribution in [-0.4, -0.2) is 12.6 Å². The molecule has 3 aromatic carbocycles. The molecular formula is C26H21FO6. The van der Waals surface area contributed by atoms with Gasteiger partial charge >= 0.3 is 5.97 Å². The van der Waals surface area contributed by atoms with Gasteiger partial charge < -0.3 is 18.6 Å². The average molecular weight is 448 g/mol. The summed E-state index contributed by atoms with van der Waals surface area (Å²) >= 11 is 0. The molecule has 4 aromatic rings. The van der Waals surface area contributed by atoms with Crippen molar-refractivity contribution in [1.29, 1.82) is 0 Å². The minimum Gasteiger partial charge on any atom is -0.489 e. The molecule has 0 aliphatic rings. The Hall–Kier alpha value is -4.13. The van der Waals surface area contributed by atoms with E-state index in [1.165, 1.54) is 12.1 Å². The Morgan fingerprint density at radius 3 is 2.48 bits per heavy atom. The van der Waals surface area contributed by atoms with Crippen LogP contribution >= 0.6 is 0 Å². The van der Waals surface area contributed by atoms with Crippen LogP contribution in [-0.2, 0) is 11.3 Å². The van der Waals surface area contributed by atoms with Gasteiger partial charge in [-0.15, -0.1) is 0 Å². The Bertz CT molecular complexity index is 1360. The summed E-state index contributed by atoms with van der Waals surface area (Å²) in [7, 11) is 0. The van der Waals surface area contributed by atoms with Gasteiger partial charge in [-0.3, -0.25) is 4.79 Å². The number of carbonyl (C=O) groups is 1. The van der Waals surface area contributed by atoms with Crippen molar-refractivity contribution in [3.8, 4) is 17.2 Å². The molecule has 0 saturated carbocycles. The summed E-state index contributed by atoms with van der Waals surface area (Å²) < 4.78 is 35.6. The molecule has 6 nitrogen and oxygen atoms in total. The maximum absolute atomic E-state index is 13.3. The molecule has 0 radical (unpaired) electrons. The van der Waals surface area contributed by atoms with Crippen LogP contribution in [0.25, 0.3) is 11.0 Å². The molecule has 0 fully saturated rings. The lowest BCUT2D eigenvalue weighted by atomic mass is 10.2. The molecule has 0 spiro atoms. The van der Waals surface area contributed by atoms with E-state index in [1.54, 1.807) is 68.4 Å². The van der Waals surface area contributed by atoms with Crippen LogP contribution in [0.2, 0.25) is 0 Å². The van der Waals surface area contributed by atoms with Crippen molar-refractivity contribution in [2.24, 2.45) is 0 Å². The molecule has 1 heterocycles. The Labute approximate surface area is 189 Å². The highest BCUT2D eigenvalue weighted by Gasteiger charge is 2.15. The molecular weight excluding hydrogens is 427 g/mol. The van der Waals surface area contributed by atoms with E-state index in [0.717, 1.165) is 0 Å². The predicted molar refractivity (Wildman–Crippen MR) is 120 cm³/mol. The predicted octanol–water partition coefficient (Wildman–Crippen LogP) is 5.79. The first-order valence-corrected chi connectivity index (χ1v) is 10.3. The molecule has 0 bridgehead atoms. The van der Waals surface area contributed by atoms with E-state index in [4.69, 9.17) is 18.6 Å². The quantitative estimate of drug-likeness (QED) is 0.333. The lowest BCUT2D eigenvalue weighted by molar-refractivity contribution is 0.0526. The van der Waals surface area contributed by atoms with Crippen molar-refractivity contribution in [1.82, 2.24) is 0 Å². The third-order valence-electron chi connectivity index (χ3n) is 4.87. The molecule has 7 heteroatoms. The fourth-order valence-corrected chi connectivity index (χ4v) is 3.26. The van der Waals surface area contributed by atoms with Gasteiger partial charge in [-0.05, 0) is 67.9 Å². The minimum absolute atomic E-state index is 0.0554. The van der Waals surface area contributed by atoms with E-state index in [0.29, 0.717) is 39.4 Å². The standard InChI is InChI=1S/C26H21FO6/c1-3-30-26(29)18-7-9-20(10-8-18)33-25-16(2)32-23-14-21(11-12-22(23)24(25)28)31-15-17-5-4-6-19(27)13-17/h4-14H,3,15H2,1-2H3. The first-order chi connectivity index (χ1) is 15.9. The van der Waals surface area contributed by atoms with Crippen LogP contribution in [0.5, 0.6) is 17.2 Å². The lowest BCUT2D eigenvalue weighted by Gasteiger charge is -2.11. The number of esters is 1. The van der Waals surface area contributed by atoms with E-state index in [-0.39, 0.29) is 30.2 Å². The summed E-state index contributed by atoms with van der Waals surface area (Å²) in [5.74, 6) is 0.453. The van der Waals surface area contributed by atoms with Gasteiger partial charge in [0.1, 0.15) is 35.3 Å². The summed E-state index contributed by atoms with van der Waals surface area (Å²) in [5, 5.41) is 0.330. The van der Waals surface area contributed by atoms with Crippen LogP contribution in [0.3, 0.4) is 0 Å². The highest BCUT2D eigenvalue weighted by molar-refractivity contribution is 5.89. The molecule has 0 amide bonds. The molecule has 168 valence electrons. The van der Waals surface area contributed by atoms with Gasteiger partial charge in [0, 0.05) is 6.07 Å². The van der Waals surface area contributed by atoms with E-state index in [1.807, 2.05) is 0 Å². The normalized spacial score (nSPS) is 10.8. The van der Waals surface area contributed by atoms with Gasteiger partial charge in [-0.25, -0.2) is 9.18 Å². The molecule has 0 aliphatic carbocycles. The Balaban J connectivity index is 1.55. The van der Waals surface area contributed by atoms with Crippen molar-refractivity contribution in [3.05, 3.63) is 99.7 Å². The number of halogens is 1. The number of hydrogen-bond donors (Lipinski definition) is 0. The molecule has 0 unspecified atom stereocenters. The van der Waals surface area contributed by atoms with Crippen molar-refractivity contribution >= 4 is 16.9 Å². The van der Waals surface area contributed by atoms with Gasteiger partial charge in [-0.1, -0.05) is 12.1 Å². The van der Waals surface area contributed by atoms with Gasteiger partial charge in [0.05, 0.1) is 17.6 Å². The molecule has 1 aromatic heterocycles. The van der Waals surface area contributed by atoms with E-state index < -0.39 is 5.97 Å². The monoisotopic (exact) mass is 448 g/mol. The summed E-state index contributed by atoms with van der Waals surface area (Å²) in [4.78, 5) is 24.8. The second-order valence-corrected chi connectivity index (χ2v) is 7.24. The van der Waals surface area contributed by atoms with E-state index in [9.17, 15) is 14.0 Å². The number of aryl methyl sites for hydroxylation is 1. The van der Waals surface area contributed by atoms with Crippen molar-refractivity contribution in [3.63, 3.8) is 0 Å². The van der Waals surface area contributed by atoms with Gasteiger partial charge in [0.25, 0.3) is 0 Å². The first kappa shape index (κ1) is 22.1. The molecule has 0 N–H and O–H groups in total. The van der Waals surface area contributed by atoms with Gasteiger partial charge in [0.2, 0.25) is 11.2 Å². The summed E-state index contributed by atoms with van der Waals surface area (Å²) in [6.45, 7) is 3.82. The highest BCUT2D eigenvalue weighted by atomic mass is 19.1. The molecule has 0 aliphatic heterocycles. The smallest absolute Gasteiger partial charge is 0.338 e. The largest absolute Gasteiger partial charge is 0.489 e. The first-order valence-electron chi connectivity index (χ1n) is 10.3. The third-order valence-corrected chi connectivity index (χ3v) is 4.87. The maximum atomic E-state index is 13.3. The fraction of sp³-hybridized carbons (Fsp3) is 0.154. The average Bonchev–Trinajstić information content (AvgIpc) is 2.81. The number of hydrogen-bond acceptors (Lipinski definition) is 6. The van der Waals surface area contributed by atoms with Crippen LogP contribution < -0.4 is 14.9 Å². The summed E-state index contributed by atoms with van der Waals surface area (Å²) in [5.41, 5.74) is 1.09. The minimum atomic E-state index is -0.430. The fourth-order valence-electron chi connectivity index (χ4n) is 3.26. The third kappa shape index (κ3) is 5.03. The van der Waals surface area contributed by atoms with Gasteiger partial charge in [0.15, 0.2) is 0 Å². The van der Waals surface area contributed by atoms with Crippen molar-refractivity contribution in [2.45, 2.75) is 20.5 Å². The molecule has 4 rings (SSSR count). The number of benzene rings is 3. The van der Waals surface area contributed by atoms with E-state index in [2.05, 4.69) is 0 Å². The lowest BCUT2D eigenvalue weighted by Crippen LogP contribution is -2.08. The van der Waals surface area contributed by atoms with Crippen molar-refractivity contribution < 1.29 is 27.8 Å².